The molecular formula is C34H48O11. The predicted octanol–water partition coefficient (Wildman–Crippen LogP) is 4.81. The fourth-order valence-corrected chi connectivity index (χ4v) is 4.94. The Kier molecular flexibility index (Phi) is 14.7. The molecule has 0 spiro atoms. The van der Waals surface area contributed by atoms with Crippen LogP contribution >= 0.6 is 0 Å². The largest absolute Gasteiger partial charge is 0.508 e. The first kappa shape index (κ1) is 37.5. The highest BCUT2D eigenvalue weighted by Gasteiger charge is 2.51. The molecule has 11 nitrogen and oxygen atoms in total. The standard InChI is InChI=1S/C34H48O11/c1-19(2)14-27(38)15-21(4)11-9-10-20(3)12-13-26-17-28(39)22(5)16-29(26)44-34-31(40)33(43-25(8)37)32(42-24(7)36)30(45-34)18-41-23(6)35/h11-12,16-17,19,30-34,39-40H,9-10,13-15,18H2,1-8H3/t30-,31-,32+,33-,34-/m1/s1. The summed E-state index contributed by atoms with van der Waals surface area (Å²) in [7, 11) is 0. The van der Waals surface area contributed by atoms with Crippen molar-refractivity contribution in [3.63, 3.8) is 0 Å². The lowest BCUT2D eigenvalue weighted by Gasteiger charge is -2.42. The average Bonchev–Trinajstić information content (AvgIpc) is 2.91. The van der Waals surface area contributed by atoms with Gasteiger partial charge in [-0.3, -0.25) is 19.2 Å². The van der Waals surface area contributed by atoms with Crippen LogP contribution in [0.4, 0.5) is 0 Å². The normalized spacial score (nSPS) is 22.1. The van der Waals surface area contributed by atoms with Crippen LogP contribution in [0.15, 0.2) is 35.4 Å². The van der Waals surface area contributed by atoms with Crippen LogP contribution in [0.5, 0.6) is 11.5 Å². The number of ketones is 1. The molecule has 0 amide bonds. The number of hydrogen-bond acceptors (Lipinski definition) is 11. The molecule has 1 aromatic rings. The number of aryl methyl sites for hydroxylation is 1. The first-order valence-electron chi connectivity index (χ1n) is 15.2. The van der Waals surface area contributed by atoms with Crippen molar-refractivity contribution in [2.45, 2.75) is 118 Å². The maximum Gasteiger partial charge on any atom is 0.303 e. The monoisotopic (exact) mass is 632 g/mol. The van der Waals surface area contributed by atoms with Crippen LogP contribution < -0.4 is 4.74 Å². The van der Waals surface area contributed by atoms with Crippen molar-refractivity contribution in [2.75, 3.05) is 6.61 Å². The maximum absolute atomic E-state index is 12.1. The van der Waals surface area contributed by atoms with Crippen molar-refractivity contribution in [1.82, 2.24) is 0 Å². The molecule has 5 atom stereocenters. The summed E-state index contributed by atoms with van der Waals surface area (Å²) in [4.78, 5) is 47.4. The molecule has 1 aliphatic heterocycles. The van der Waals surface area contributed by atoms with E-state index in [2.05, 4.69) is 6.08 Å². The summed E-state index contributed by atoms with van der Waals surface area (Å²) in [5.74, 6) is -1.13. The summed E-state index contributed by atoms with van der Waals surface area (Å²) >= 11 is 0. The third-order valence-corrected chi connectivity index (χ3v) is 7.11. The summed E-state index contributed by atoms with van der Waals surface area (Å²) in [6.07, 6.45) is 0.255. The number of esters is 3. The molecule has 45 heavy (non-hydrogen) atoms. The lowest BCUT2D eigenvalue weighted by Crippen LogP contribution is -2.62. The number of rotatable bonds is 15. The number of phenols is 1. The number of hydrogen-bond donors (Lipinski definition) is 2. The zero-order chi connectivity index (χ0) is 33.8. The molecule has 1 fully saturated rings. The van der Waals surface area contributed by atoms with Crippen molar-refractivity contribution < 1.29 is 53.1 Å². The molecule has 1 aromatic carbocycles. The molecule has 11 heteroatoms. The molecule has 0 aromatic heterocycles. The van der Waals surface area contributed by atoms with Crippen molar-refractivity contribution in [3.8, 4) is 11.5 Å². The Morgan fingerprint density at radius 1 is 0.933 bits per heavy atom. The number of allylic oxidation sites excluding steroid dienone is 4. The second-order valence-corrected chi connectivity index (χ2v) is 12.0. The van der Waals surface area contributed by atoms with Gasteiger partial charge in [-0.05, 0) is 63.6 Å². The molecule has 0 radical (unpaired) electrons. The fourth-order valence-electron chi connectivity index (χ4n) is 4.94. The Balaban J connectivity index is 2.26. The molecule has 2 rings (SSSR count). The molecule has 1 heterocycles. The van der Waals surface area contributed by atoms with Gasteiger partial charge in [-0.2, -0.15) is 0 Å². The van der Waals surface area contributed by atoms with Gasteiger partial charge in [-0.1, -0.05) is 37.1 Å². The van der Waals surface area contributed by atoms with E-state index in [-0.39, 0.29) is 18.1 Å². The minimum atomic E-state index is -1.59. The lowest BCUT2D eigenvalue weighted by molar-refractivity contribution is -0.285. The third kappa shape index (κ3) is 12.7. The third-order valence-electron chi connectivity index (χ3n) is 7.11. The first-order chi connectivity index (χ1) is 21.1. The van der Waals surface area contributed by atoms with Gasteiger partial charge < -0.3 is 33.9 Å². The summed E-state index contributed by atoms with van der Waals surface area (Å²) < 4.78 is 27.8. The van der Waals surface area contributed by atoms with Gasteiger partial charge in [0.05, 0.1) is 0 Å². The van der Waals surface area contributed by atoms with Crippen molar-refractivity contribution in [3.05, 3.63) is 46.6 Å². The zero-order valence-electron chi connectivity index (χ0n) is 27.6. The van der Waals surface area contributed by atoms with Gasteiger partial charge in [0.2, 0.25) is 6.29 Å². The fraction of sp³-hybridized carbons (Fsp3) is 0.588. The average molecular weight is 633 g/mol. The number of phenolic OH excluding ortho intramolecular Hbond substituents is 1. The topological polar surface area (TPSA) is 155 Å². The first-order valence-corrected chi connectivity index (χ1v) is 15.2. The van der Waals surface area contributed by atoms with Crippen molar-refractivity contribution in [2.24, 2.45) is 5.92 Å². The van der Waals surface area contributed by atoms with Crippen LogP contribution in [0.3, 0.4) is 0 Å². The number of carbonyl (C=O) groups excluding carboxylic acids is 4. The van der Waals surface area contributed by atoms with E-state index in [0.717, 1.165) is 37.8 Å². The van der Waals surface area contributed by atoms with E-state index in [4.69, 9.17) is 23.7 Å². The van der Waals surface area contributed by atoms with E-state index in [1.54, 1.807) is 19.1 Å². The van der Waals surface area contributed by atoms with Gasteiger partial charge in [-0.25, -0.2) is 0 Å². The highest BCUT2D eigenvalue weighted by Crippen LogP contribution is 2.33. The number of aromatic hydroxyl groups is 1. The lowest BCUT2D eigenvalue weighted by atomic mass is 9.98. The smallest absolute Gasteiger partial charge is 0.303 e. The number of Topliss-reactive ketones (excluding diaryl/α,β-unsaturated/α-hetero) is 1. The Morgan fingerprint density at radius 2 is 1.58 bits per heavy atom. The van der Waals surface area contributed by atoms with Gasteiger partial charge in [-0.15, -0.1) is 0 Å². The van der Waals surface area contributed by atoms with Crippen LogP contribution in [0, 0.1) is 12.8 Å². The molecule has 0 unspecified atom stereocenters. The van der Waals surface area contributed by atoms with Crippen molar-refractivity contribution in [1.29, 1.82) is 0 Å². The molecule has 2 N–H and O–H groups in total. The minimum absolute atomic E-state index is 0.0542. The molecule has 0 saturated carbocycles. The number of aliphatic hydroxyl groups excluding tert-OH is 1. The minimum Gasteiger partial charge on any atom is -0.508 e. The summed E-state index contributed by atoms with van der Waals surface area (Å²) in [5, 5.41) is 21.6. The number of ether oxygens (including phenoxy) is 5. The van der Waals surface area contributed by atoms with Gasteiger partial charge in [0.25, 0.3) is 0 Å². The number of aliphatic hydroxyl groups is 1. The summed E-state index contributed by atoms with van der Waals surface area (Å²) in [5.41, 5.74) is 3.25. The predicted molar refractivity (Wildman–Crippen MR) is 165 cm³/mol. The maximum atomic E-state index is 12.1. The molecule has 0 bridgehead atoms. The van der Waals surface area contributed by atoms with Crippen molar-refractivity contribution >= 4 is 23.7 Å². The molecule has 1 aliphatic rings. The van der Waals surface area contributed by atoms with Crippen LogP contribution in [0.25, 0.3) is 0 Å². The Bertz CT molecular complexity index is 1260. The van der Waals surface area contributed by atoms with E-state index in [1.165, 1.54) is 6.92 Å². The Morgan fingerprint density at radius 3 is 2.18 bits per heavy atom. The SMILES string of the molecule is CC(=O)OC[C@H]1O[C@@H](Oc2cc(C)c(O)cc2CC=C(C)CCC=C(C)CC(=O)CC(C)C)[C@H](O)[C@@H](OC(C)=O)[C@H]1OC(C)=O. The Hall–Kier alpha value is -3.70. The van der Waals surface area contributed by atoms with Gasteiger partial charge >= 0.3 is 17.9 Å². The van der Waals surface area contributed by atoms with E-state index in [0.29, 0.717) is 42.1 Å². The van der Waals surface area contributed by atoms with Crippen LogP contribution in [0.1, 0.15) is 85.3 Å². The Labute approximate surface area is 265 Å². The molecule has 250 valence electrons. The van der Waals surface area contributed by atoms with E-state index < -0.39 is 48.6 Å². The quantitative estimate of drug-likeness (QED) is 0.155. The number of carbonyl (C=O) groups is 4. The van der Waals surface area contributed by atoms with Gasteiger partial charge in [0.1, 0.15) is 30.0 Å². The van der Waals surface area contributed by atoms with E-state index in [9.17, 15) is 29.4 Å². The second kappa shape index (κ2) is 17.7. The van der Waals surface area contributed by atoms with Crippen LogP contribution in [-0.2, 0) is 44.5 Å². The highest BCUT2D eigenvalue weighted by molar-refractivity contribution is 5.80. The molecule has 0 aliphatic carbocycles. The van der Waals surface area contributed by atoms with E-state index in [1.807, 2.05) is 33.8 Å². The summed E-state index contributed by atoms with van der Waals surface area (Å²) in [6.45, 7) is 12.8. The van der Waals surface area contributed by atoms with E-state index >= 15 is 0 Å². The van der Waals surface area contributed by atoms with Crippen LogP contribution in [0.2, 0.25) is 0 Å². The number of benzene rings is 1. The van der Waals surface area contributed by atoms with Crippen LogP contribution in [-0.4, -0.2) is 71.2 Å². The van der Waals surface area contributed by atoms with Gasteiger partial charge in [0, 0.05) is 39.2 Å². The zero-order valence-corrected chi connectivity index (χ0v) is 27.6. The molecule has 1 saturated heterocycles. The van der Waals surface area contributed by atoms with Gasteiger partial charge in [0.15, 0.2) is 18.3 Å². The highest BCUT2D eigenvalue weighted by atomic mass is 16.7. The molecular weight excluding hydrogens is 584 g/mol. The second-order valence-electron chi connectivity index (χ2n) is 12.0. The summed E-state index contributed by atoms with van der Waals surface area (Å²) in [6, 6.07) is 3.17.